The van der Waals surface area contributed by atoms with Crippen molar-refractivity contribution in [1.29, 1.82) is 5.26 Å². The highest BCUT2D eigenvalue weighted by Gasteiger charge is 2.65. The molecule has 3 aliphatic heterocycles. The summed E-state index contributed by atoms with van der Waals surface area (Å²) in [5, 5.41) is 13.1. The lowest BCUT2D eigenvalue weighted by molar-refractivity contribution is -0.158. The van der Waals surface area contributed by atoms with Crippen molar-refractivity contribution in [2.75, 3.05) is 13.2 Å². The predicted molar refractivity (Wildman–Crippen MR) is 92.0 cm³/mol. The van der Waals surface area contributed by atoms with Crippen molar-refractivity contribution in [2.24, 2.45) is 0 Å². The standard InChI is InChI=1S/C17H30N2O4Si/c1-15(2,3)24(6,7)21-8-11-12-13(23-16(4,5)22-12)14(19-11)17(9-18)10-20-17/h11-14,19H,8,10H2,1-7H3/t11-,12-,13-,14?,17?/m1/s1. The Hall–Kier alpha value is -0.493. The molecule has 0 aromatic heterocycles. The van der Waals surface area contributed by atoms with Gasteiger partial charge in [0.1, 0.15) is 18.3 Å². The first kappa shape index (κ1) is 18.3. The third kappa shape index (κ3) is 3.04. The Labute approximate surface area is 145 Å². The van der Waals surface area contributed by atoms with Gasteiger partial charge in [-0.05, 0) is 32.0 Å². The number of nitriles is 1. The summed E-state index contributed by atoms with van der Waals surface area (Å²) < 4.78 is 24.1. The van der Waals surface area contributed by atoms with E-state index in [-0.39, 0.29) is 29.3 Å². The maximum atomic E-state index is 9.48. The monoisotopic (exact) mass is 354 g/mol. The Morgan fingerprint density at radius 3 is 2.33 bits per heavy atom. The van der Waals surface area contributed by atoms with Gasteiger partial charge in [0.15, 0.2) is 19.7 Å². The molecule has 3 heterocycles. The van der Waals surface area contributed by atoms with Gasteiger partial charge in [-0.2, -0.15) is 5.26 Å². The first-order valence-corrected chi connectivity index (χ1v) is 11.6. The third-order valence-electron chi connectivity index (χ3n) is 5.86. The van der Waals surface area contributed by atoms with Crippen LogP contribution in [0.5, 0.6) is 0 Å². The van der Waals surface area contributed by atoms with E-state index in [2.05, 4.69) is 45.3 Å². The molecule has 7 heteroatoms. The average Bonchev–Trinajstić information content (AvgIpc) is 3.08. The second-order valence-corrected chi connectivity index (χ2v) is 14.0. The third-order valence-corrected chi connectivity index (χ3v) is 10.4. The summed E-state index contributed by atoms with van der Waals surface area (Å²) in [6.45, 7) is 16.0. The molecule has 1 N–H and O–H groups in total. The summed E-state index contributed by atoms with van der Waals surface area (Å²) in [4.78, 5) is 0. The molecule has 5 atom stereocenters. The predicted octanol–water partition coefficient (Wildman–Crippen LogP) is 2.16. The molecule has 3 aliphatic rings. The van der Waals surface area contributed by atoms with Crippen molar-refractivity contribution >= 4 is 8.32 Å². The number of nitrogens with one attached hydrogen (secondary N) is 1. The fourth-order valence-corrected chi connectivity index (χ4v) is 4.28. The van der Waals surface area contributed by atoms with Crippen molar-refractivity contribution in [2.45, 2.75) is 88.4 Å². The zero-order valence-electron chi connectivity index (χ0n) is 15.8. The number of fused-ring (bicyclic) bond motifs is 1. The van der Waals surface area contributed by atoms with Crippen molar-refractivity contribution in [3.63, 3.8) is 0 Å². The maximum Gasteiger partial charge on any atom is 0.195 e. The minimum atomic E-state index is -1.85. The summed E-state index contributed by atoms with van der Waals surface area (Å²) in [6.07, 6.45) is -0.306. The molecular formula is C17H30N2O4Si. The second-order valence-electron chi connectivity index (χ2n) is 9.18. The summed E-state index contributed by atoms with van der Waals surface area (Å²) in [5.74, 6) is -0.642. The highest BCUT2D eigenvalue weighted by atomic mass is 28.4. The number of hydrogen-bond acceptors (Lipinski definition) is 6. The van der Waals surface area contributed by atoms with E-state index in [1.807, 2.05) is 13.8 Å². The molecular weight excluding hydrogens is 324 g/mol. The van der Waals surface area contributed by atoms with Gasteiger partial charge in [-0.3, -0.25) is 0 Å². The van der Waals surface area contributed by atoms with Crippen LogP contribution in [-0.4, -0.2) is 57.2 Å². The molecule has 0 amide bonds. The van der Waals surface area contributed by atoms with E-state index >= 15 is 0 Å². The van der Waals surface area contributed by atoms with Gasteiger partial charge in [0.25, 0.3) is 0 Å². The van der Waals surface area contributed by atoms with Crippen molar-refractivity contribution in [3.05, 3.63) is 0 Å². The Kier molecular flexibility index (Phi) is 4.19. The van der Waals surface area contributed by atoms with E-state index < -0.39 is 19.7 Å². The highest BCUT2D eigenvalue weighted by Crippen LogP contribution is 2.44. The van der Waals surface area contributed by atoms with Crippen LogP contribution in [0.2, 0.25) is 18.1 Å². The van der Waals surface area contributed by atoms with Gasteiger partial charge >= 0.3 is 0 Å². The van der Waals surface area contributed by atoms with E-state index in [1.165, 1.54) is 0 Å². The van der Waals surface area contributed by atoms with Crippen LogP contribution in [0.4, 0.5) is 0 Å². The quantitative estimate of drug-likeness (QED) is 0.616. The van der Waals surface area contributed by atoms with Gasteiger partial charge in [0, 0.05) is 0 Å². The van der Waals surface area contributed by atoms with E-state index in [4.69, 9.17) is 18.6 Å². The minimum Gasteiger partial charge on any atom is -0.415 e. The minimum absolute atomic E-state index is 0.00493. The number of ether oxygens (including phenoxy) is 3. The summed E-state index contributed by atoms with van der Waals surface area (Å²) in [7, 11) is -1.85. The molecule has 2 unspecified atom stereocenters. The zero-order valence-corrected chi connectivity index (χ0v) is 16.8. The first-order valence-electron chi connectivity index (χ1n) is 8.72. The van der Waals surface area contributed by atoms with Crippen LogP contribution in [0.3, 0.4) is 0 Å². The van der Waals surface area contributed by atoms with Crippen LogP contribution in [0.15, 0.2) is 0 Å². The summed E-state index contributed by atoms with van der Waals surface area (Å²) in [5.41, 5.74) is -0.779. The highest BCUT2D eigenvalue weighted by molar-refractivity contribution is 6.74. The van der Waals surface area contributed by atoms with E-state index in [0.717, 1.165) is 0 Å². The summed E-state index contributed by atoms with van der Waals surface area (Å²) in [6, 6.07) is 2.13. The molecule has 0 saturated carbocycles. The Bertz CT molecular complexity index is 548. The SMILES string of the molecule is CC1(C)O[C@@H]2[C@@H](CO[Si](C)(C)C(C)(C)C)NC(C3(C#N)CO3)[C@@H]2O1. The lowest BCUT2D eigenvalue weighted by Gasteiger charge is -2.37. The molecule has 6 nitrogen and oxygen atoms in total. The summed E-state index contributed by atoms with van der Waals surface area (Å²) >= 11 is 0. The molecule has 24 heavy (non-hydrogen) atoms. The fourth-order valence-electron chi connectivity index (χ4n) is 3.26. The van der Waals surface area contributed by atoms with Gasteiger partial charge < -0.3 is 24.0 Å². The maximum absolute atomic E-state index is 9.48. The molecule has 0 aromatic rings. The van der Waals surface area contributed by atoms with Crippen molar-refractivity contribution < 1.29 is 18.6 Å². The lowest BCUT2D eigenvalue weighted by atomic mass is 9.97. The molecule has 3 saturated heterocycles. The lowest BCUT2D eigenvalue weighted by Crippen LogP contribution is -2.50. The van der Waals surface area contributed by atoms with Crippen molar-refractivity contribution in [1.82, 2.24) is 5.32 Å². The van der Waals surface area contributed by atoms with Crippen LogP contribution < -0.4 is 5.32 Å². The van der Waals surface area contributed by atoms with Gasteiger partial charge in [-0.1, -0.05) is 20.8 Å². The Morgan fingerprint density at radius 2 is 1.83 bits per heavy atom. The largest absolute Gasteiger partial charge is 0.415 e. The van der Waals surface area contributed by atoms with Gasteiger partial charge in [-0.15, -0.1) is 0 Å². The molecule has 0 spiro atoms. The normalized spacial score (nSPS) is 41.1. The number of nitrogens with zero attached hydrogens (tertiary/aromatic N) is 1. The average molecular weight is 355 g/mol. The Balaban J connectivity index is 1.74. The van der Waals surface area contributed by atoms with E-state index in [0.29, 0.717) is 13.2 Å². The van der Waals surface area contributed by atoms with Crippen LogP contribution in [-0.2, 0) is 18.6 Å². The Morgan fingerprint density at radius 1 is 1.25 bits per heavy atom. The number of hydrogen-bond donors (Lipinski definition) is 1. The van der Waals surface area contributed by atoms with E-state index in [9.17, 15) is 5.26 Å². The van der Waals surface area contributed by atoms with Crippen LogP contribution in [0.25, 0.3) is 0 Å². The van der Waals surface area contributed by atoms with Crippen LogP contribution in [0, 0.1) is 11.3 Å². The fraction of sp³-hybridized carbons (Fsp3) is 0.941. The molecule has 0 radical (unpaired) electrons. The van der Waals surface area contributed by atoms with Crippen LogP contribution in [0.1, 0.15) is 34.6 Å². The second kappa shape index (κ2) is 5.50. The molecule has 136 valence electrons. The molecule has 0 aromatic carbocycles. The van der Waals surface area contributed by atoms with Gasteiger partial charge in [0.2, 0.25) is 0 Å². The van der Waals surface area contributed by atoms with Gasteiger partial charge in [0.05, 0.1) is 25.3 Å². The first-order chi connectivity index (χ1) is 10.9. The topological polar surface area (TPSA) is 76.0 Å². The number of rotatable bonds is 4. The van der Waals surface area contributed by atoms with Crippen molar-refractivity contribution in [3.8, 4) is 6.07 Å². The molecule has 0 aliphatic carbocycles. The molecule has 3 rings (SSSR count). The van der Waals surface area contributed by atoms with Gasteiger partial charge in [-0.25, -0.2) is 0 Å². The molecule has 3 fully saturated rings. The van der Waals surface area contributed by atoms with E-state index in [1.54, 1.807) is 0 Å². The number of epoxide rings is 1. The van der Waals surface area contributed by atoms with Crippen LogP contribution >= 0.6 is 0 Å². The molecule has 0 bridgehead atoms. The zero-order chi connectivity index (χ0) is 18.0. The smallest absolute Gasteiger partial charge is 0.195 e.